The van der Waals surface area contributed by atoms with Gasteiger partial charge < -0.3 is 10.4 Å². The number of nitrogens with one attached hydrogen (secondary N) is 1. The van der Waals surface area contributed by atoms with Crippen LogP contribution in [0.5, 0.6) is 0 Å². The summed E-state index contributed by atoms with van der Waals surface area (Å²) in [5.74, 6) is 1.48. The van der Waals surface area contributed by atoms with Crippen LogP contribution in [-0.4, -0.2) is 41.7 Å². The van der Waals surface area contributed by atoms with E-state index in [0.717, 1.165) is 38.0 Å². The summed E-state index contributed by atoms with van der Waals surface area (Å²) < 4.78 is 0. The molecular formula is C26H32N2O2. The van der Waals surface area contributed by atoms with Gasteiger partial charge in [-0.2, -0.15) is 0 Å². The summed E-state index contributed by atoms with van der Waals surface area (Å²) in [4.78, 5) is 13.5. The Bertz CT molecular complexity index is 865. The van der Waals surface area contributed by atoms with Gasteiger partial charge in [0.15, 0.2) is 0 Å². The Balaban J connectivity index is 1.02. The average molecular weight is 405 g/mol. The minimum Gasteiger partial charge on any atom is -0.478 e. The fourth-order valence-corrected chi connectivity index (χ4v) is 4.90. The van der Waals surface area contributed by atoms with Crippen LogP contribution in [0.2, 0.25) is 0 Å². The van der Waals surface area contributed by atoms with Gasteiger partial charge in [-0.25, -0.2) is 4.79 Å². The number of nitrogens with zero attached hydrogens (tertiary/aromatic N) is 1. The lowest BCUT2D eigenvalue weighted by atomic mass is 9.96. The van der Waals surface area contributed by atoms with E-state index < -0.39 is 5.97 Å². The van der Waals surface area contributed by atoms with E-state index in [4.69, 9.17) is 5.11 Å². The molecule has 0 radical (unpaired) electrons. The van der Waals surface area contributed by atoms with E-state index in [0.29, 0.717) is 17.5 Å². The lowest BCUT2D eigenvalue weighted by Gasteiger charge is -2.32. The molecule has 1 heterocycles. The molecule has 158 valence electrons. The van der Waals surface area contributed by atoms with E-state index in [1.54, 1.807) is 12.1 Å². The summed E-state index contributed by atoms with van der Waals surface area (Å²) in [5.41, 5.74) is 4.61. The maximum atomic E-state index is 11.0. The Morgan fingerprint density at radius 3 is 2.23 bits per heavy atom. The summed E-state index contributed by atoms with van der Waals surface area (Å²) in [5, 5.41) is 12.8. The predicted octanol–water partition coefficient (Wildman–Crippen LogP) is 4.62. The number of benzene rings is 2. The Kier molecular flexibility index (Phi) is 5.62. The van der Waals surface area contributed by atoms with Crippen molar-refractivity contribution in [1.29, 1.82) is 0 Å². The van der Waals surface area contributed by atoms with Gasteiger partial charge in [-0.3, -0.25) is 4.90 Å². The van der Waals surface area contributed by atoms with Crippen LogP contribution in [-0.2, 0) is 6.54 Å². The third-order valence-electron chi connectivity index (χ3n) is 7.19. The fourth-order valence-electron chi connectivity index (χ4n) is 4.90. The fraction of sp³-hybridized carbons (Fsp3) is 0.500. The van der Waals surface area contributed by atoms with Crippen molar-refractivity contribution in [3.05, 3.63) is 70.8 Å². The van der Waals surface area contributed by atoms with Crippen LogP contribution in [0.15, 0.2) is 48.5 Å². The summed E-state index contributed by atoms with van der Waals surface area (Å²) in [6, 6.07) is 17.4. The zero-order valence-corrected chi connectivity index (χ0v) is 17.6. The van der Waals surface area contributed by atoms with Gasteiger partial charge in [0.25, 0.3) is 0 Å². The Labute approximate surface area is 179 Å². The Morgan fingerprint density at radius 1 is 0.933 bits per heavy atom. The summed E-state index contributed by atoms with van der Waals surface area (Å²) in [6.07, 6.45) is 6.53. The second-order valence-electron chi connectivity index (χ2n) is 9.52. The maximum absolute atomic E-state index is 11.0. The number of piperidine rings is 1. The van der Waals surface area contributed by atoms with Crippen LogP contribution in [0.4, 0.5) is 0 Å². The lowest BCUT2D eigenvalue weighted by molar-refractivity contribution is 0.0697. The maximum Gasteiger partial charge on any atom is 0.335 e. The second-order valence-corrected chi connectivity index (χ2v) is 9.52. The molecule has 1 aliphatic heterocycles. The zero-order valence-electron chi connectivity index (χ0n) is 17.6. The first kappa shape index (κ1) is 19.8. The van der Waals surface area contributed by atoms with Crippen molar-refractivity contribution in [2.24, 2.45) is 5.92 Å². The molecule has 0 amide bonds. The highest BCUT2D eigenvalue weighted by molar-refractivity contribution is 5.87. The minimum absolute atomic E-state index is 0.362. The van der Waals surface area contributed by atoms with E-state index in [1.165, 1.54) is 48.8 Å². The van der Waals surface area contributed by atoms with Crippen LogP contribution < -0.4 is 5.32 Å². The van der Waals surface area contributed by atoms with Gasteiger partial charge >= 0.3 is 5.97 Å². The molecule has 4 nitrogen and oxygen atoms in total. The molecule has 2 saturated carbocycles. The van der Waals surface area contributed by atoms with E-state index >= 15 is 0 Å². The van der Waals surface area contributed by atoms with E-state index in [1.807, 2.05) is 12.1 Å². The highest BCUT2D eigenvalue weighted by Crippen LogP contribution is 2.44. The molecule has 2 N–H and O–H groups in total. The number of carboxylic acid groups (broad SMARTS) is 1. The van der Waals surface area contributed by atoms with Crippen LogP contribution in [0.25, 0.3) is 0 Å². The van der Waals surface area contributed by atoms with Crippen molar-refractivity contribution >= 4 is 5.97 Å². The van der Waals surface area contributed by atoms with Crippen molar-refractivity contribution in [2.45, 2.75) is 56.5 Å². The third kappa shape index (κ3) is 4.76. The highest BCUT2D eigenvalue weighted by atomic mass is 16.4. The molecule has 2 aromatic rings. The molecule has 2 aromatic carbocycles. The molecule has 2 unspecified atom stereocenters. The molecule has 5 rings (SSSR count). The quantitative estimate of drug-likeness (QED) is 0.674. The van der Waals surface area contributed by atoms with Crippen molar-refractivity contribution in [3.8, 4) is 0 Å². The zero-order chi connectivity index (χ0) is 20.5. The molecule has 2 atom stereocenters. The van der Waals surface area contributed by atoms with Crippen LogP contribution >= 0.6 is 0 Å². The standard InChI is InChI=1S/C26H32N2O2/c29-26(30)23-3-1-19(2-4-23)17-28-13-11-18(12-14-28)16-27-25-15-24(25)22-9-7-21(8-10-22)20-5-6-20/h1-4,7-10,18,20,24-25,27H,5-6,11-17H2,(H,29,30). The minimum atomic E-state index is -0.858. The van der Waals surface area contributed by atoms with Gasteiger partial charge in [0.2, 0.25) is 0 Å². The topological polar surface area (TPSA) is 52.6 Å². The van der Waals surface area contributed by atoms with Crippen molar-refractivity contribution in [1.82, 2.24) is 10.2 Å². The SMILES string of the molecule is O=C(O)c1ccc(CN2CCC(CNC3CC3c3ccc(C4CC4)cc3)CC2)cc1. The predicted molar refractivity (Wildman–Crippen MR) is 119 cm³/mol. The van der Waals surface area contributed by atoms with Crippen molar-refractivity contribution in [3.63, 3.8) is 0 Å². The van der Waals surface area contributed by atoms with Gasteiger partial charge in [-0.05, 0) is 92.4 Å². The molecule has 0 bridgehead atoms. The first-order valence-corrected chi connectivity index (χ1v) is 11.5. The summed E-state index contributed by atoms with van der Waals surface area (Å²) >= 11 is 0. The van der Waals surface area contributed by atoms with E-state index in [-0.39, 0.29) is 0 Å². The van der Waals surface area contributed by atoms with Gasteiger partial charge in [0, 0.05) is 18.5 Å². The number of aromatic carboxylic acids is 1. The molecule has 30 heavy (non-hydrogen) atoms. The Morgan fingerprint density at radius 2 is 1.60 bits per heavy atom. The number of carboxylic acids is 1. The lowest BCUT2D eigenvalue weighted by Crippen LogP contribution is -2.37. The molecule has 3 fully saturated rings. The smallest absolute Gasteiger partial charge is 0.335 e. The van der Waals surface area contributed by atoms with Crippen molar-refractivity contribution in [2.75, 3.05) is 19.6 Å². The van der Waals surface area contributed by atoms with Gasteiger partial charge in [-0.1, -0.05) is 36.4 Å². The summed E-state index contributed by atoms with van der Waals surface area (Å²) in [6.45, 7) is 4.32. The molecule has 4 heteroatoms. The number of rotatable bonds is 8. The molecule has 1 saturated heterocycles. The van der Waals surface area contributed by atoms with Crippen LogP contribution in [0.3, 0.4) is 0 Å². The summed E-state index contributed by atoms with van der Waals surface area (Å²) in [7, 11) is 0. The molecular weight excluding hydrogens is 372 g/mol. The third-order valence-corrected chi connectivity index (χ3v) is 7.19. The van der Waals surface area contributed by atoms with Gasteiger partial charge in [0.1, 0.15) is 0 Å². The normalized spacial score (nSPS) is 24.7. The first-order valence-electron chi connectivity index (χ1n) is 11.5. The first-order chi connectivity index (χ1) is 14.7. The largest absolute Gasteiger partial charge is 0.478 e. The van der Waals surface area contributed by atoms with Crippen molar-refractivity contribution < 1.29 is 9.90 Å². The van der Waals surface area contributed by atoms with E-state index in [2.05, 4.69) is 34.5 Å². The molecule has 2 aliphatic carbocycles. The van der Waals surface area contributed by atoms with E-state index in [9.17, 15) is 4.79 Å². The van der Waals surface area contributed by atoms with Gasteiger partial charge in [0.05, 0.1) is 5.56 Å². The second kappa shape index (κ2) is 8.52. The number of hydrogen-bond donors (Lipinski definition) is 2. The molecule has 0 aromatic heterocycles. The monoisotopic (exact) mass is 404 g/mol. The number of hydrogen-bond acceptors (Lipinski definition) is 3. The Hall–Kier alpha value is -2.17. The van der Waals surface area contributed by atoms with Gasteiger partial charge in [-0.15, -0.1) is 0 Å². The van der Waals surface area contributed by atoms with Crippen LogP contribution in [0.1, 0.15) is 71.0 Å². The molecule has 3 aliphatic rings. The average Bonchev–Trinajstić information content (AvgIpc) is 3.69. The highest BCUT2D eigenvalue weighted by Gasteiger charge is 2.38. The number of carbonyl (C=O) groups is 1. The van der Waals surface area contributed by atoms with Crippen LogP contribution in [0, 0.1) is 5.92 Å². The molecule has 0 spiro atoms. The number of likely N-dealkylation sites (tertiary alicyclic amines) is 1.